The molecule has 1 amide bonds. The largest absolute Gasteiger partial charge is 0.349 e. The molecule has 94 valence electrons. The van der Waals surface area contributed by atoms with Crippen molar-refractivity contribution >= 4 is 22.5 Å². The maximum Gasteiger partial charge on any atom is 0.271 e. The number of rotatable bonds is 5. The normalized spacial score (nSPS) is 13.8. The molecule has 4 N–H and O–H groups in total. The number of aromatic nitrogens is 2. The lowest BCUT2D eigenvalue weighted by molar-refractivity contribution is 0.0949. The second-order valence-electron chi connectivity index (χ2n) is 3.45. The zero-order valence-electron chi connectivity index (χ0n) is 9.64. The maximum absolute atomic E-state index is 11.6. The molecule has 8 heteroatoms. The molecule has 0 saturated carbocycles. The van der Waals surface area contributed by atoms with E-state index < -0.39 is 10.8 Å². The quantitative estimate of drug-likeness (QED) is 0.473. The molecule has 0 aliphatic rings. The van der Waals surface area contributed by atoms with Crippen molar-refractivity contribution in [1.29, 1.82) is 0 Å². The van der Waals surface area contributed by atoms with Crippen molar-refractivity contribution in [2.75, 3.05) is 18.2 Å². The molecular formula is C9H15N5O2S. The predicted molar refractivity (Wildman–Crippen MR) is 65.7 cm³/mol. The molecule has 0 fully saturated rings. The van der Waals surface area contributed by atoms with E-state index in [1.165, 1.54) is 12.4 Å². The molecule has 1 aromatic rings. The summed E-state index contributed by atoms with van der Waals surface area (Å²) >= 11 is 0. The number of nitrogens with one attached hydrogen (secondary N) is 2. The van der Waals surface area contributed by atoms with E-state index in [0.29, 0.717) is 12.4 Å². The van der Waals surface area contributed by atoms with Crippen LogP contribution in [-0.4, -0.2) is 38.1 Å². The lowest BCUT2D eigenvalue weighted by atomic mass is 10.4. The Hall–Kier alpha value is -1.54. The summed E-state index contributed by atoms with van der Waals surface area (Å²) < 4.78 is 11.1. The van der Waals surface area contributed by atoms with Crippen LogP contribution in [0.15, 0.2) is 12.4 Å². The molecule has 2 unspecified atom stereocenters. The van der Waals surface area contributed by atoms with E-state index in [9.17, 15) is 9.00 Å². The Bertz CT molecular complexity index is 408. The van der Waals surface area contributed by atoms with Crippen LogP contribution in [0, 0.1) is 0 Å². The third-order valence-corrected chi connectivity index (χ3v) is 3.45. The Kier molecular flexibility index (Phi) is 4.98. The minimum absolute atomic E-state index is 0.100. The summed E-state index contributed by atoms with van der Waals surface area (Å²) in [6.07, 6.45) is 4.27. The number of nitrogens with two attached hydrogens (primary N) is 1. The number of hydrogen-bond donors (Lipinski definition) is 3. The van der Waals surface area contributed by atoms with Crippen molar-refractivity contribution in [3.63, 3.8) is 0 Å². The van der Waals surface area contributed by atoms with Gasteiger partial charge in [0, 0.05) is 28.9 Å². The summed E-state index contributed by atoms with van der Waals surface area (Å²) in [6, 6.07) is 0. The summed E-state index contributed by atoms with van der Waals surface area (Å²) in [5.74, 6) is 5.15. The predicted octanol–water partition coefficient (Wildman–Crippen LogP) is -0.741. The fourth-order valence-electron chi connectivity index (χ4n) is 0.964. The van der Waals surface area contributed by atoms with Crippen LogP contribution in [-0.2, 0) is 10.8 Å². The van der Waals surface area contributed by atoms with E-state index in [1.54, 1.807) is 13.2 Å². The monoisotopic (exact) mass is 257 g/mol. The van der Waals surface area contributed by atoms with Gasteiger partial charge in [-0.1, -0.05) is 0 Å². The van der Waals surface area contributed by atoms with Gasteiger partial charge in [0.1, 0.15) is 5.69 Å². The smallest absolute Gasteiger partial charge is 0.271 e. The van der Waals surface area contributed by atoms with Gasteiger partial charge in [-0.2, -0.15) is 0 Å². The van der Waals surface area contributed by atoms with Gasteiger partial charge >= 0.3 is 0 Å². The summed E-state index contributed by atoms with van der Waals surface area (Å²) in [6.45, 7) is 2.13. The molecule has 1 rings (SSSR count). The number of amides is 1. The van der Waals surface area contributed by atoms with Crippen LogP contribution >= 0.6 is 0 Å². The van der Waals surface area contributed by atoms with Gasteiger partial charge in [0.15, 0.2) is 5.82 Å². The maximum atomic E-state index is 11.6. The average Bonchev–Trinajstić information content (AvgIpc) is 2.35. The molecule has 0 aliphatic carbocycles. The molecule has 1 aromatic heterocycles. The Morgan fingerprint density at radius 3 is 2.71 bits per heavy atom. The molecule has 0 spiro atoms. The van der Waals surface area contributed by atoms with Crippen molar-refractivity contribution < 1.29 is 9.00 Å². The molecule has 2 atom stereocenters. The number of hydrazine groups is 1. The van der Waals surface area contributed by atoms with E-state index in [0.717, 1.165) is 0 Å². The van der Waals surface area contributed by atoms with Crippen LogP contribution in [0.4, 0.5) is 5.82 Å². The first-order valence-corrected chi connectivity index (χ1v) is 6.55. The van der Waals surface area contributed by atoms with Crippen LogP contribution in [0.2, 0.25) is 0 Å². The highest BCUT2D eigenvalue weighted by Gasteiger charge is 2.11. The first kappa shape index (κ1) is 13.5. The third kappa shape index (κ3) is 4.08. The zero-order chi connectivity index (χ0) is 12.8. The van der Waals surface area contributed by atoms with E-state index in [1.807, 2.05) is 0 Å². The highest BCUT2D eigenvalue weighted by atomic mass is 32.2. The fourth-order valence-corrected chi connectivity index (χ4v) is 1.28. The highest BCUT2D eigenvalue weighted by Crippen LogP contribution is 1.99. The average molecular weight is 257 g/mol. The van der Waals surface area contributed by atoms with Gasteiger partial charge in [0.2, 0.25) is 0 Å². The number of anilines is 1. The van der Waals surface area contributed by atoms with Crippen molar-refractivity contribution in [3.8, 4) is 0 Å². The number of hydrogen-bond acceptors (Lipinski definition) is 6. The van der Waals surface area contributed by atoms with Crippen molar-refractivity contribution in [1.82, 2.24) is 15.3 Å². The molecule has 0 aliphatic heterocycles. The molecule has 17 heavy (non-hydrogen) atoms. The topological polar surface area (TPSA) is 110 Å². The SMILES string of the molecule is CC(CNC(=O)c1cnc(NN)cn1)S(C)=O. The second-order valence-corrected chi connectivity index (χ2v) is 5.25. The standard InChI is InChI=1S/C9H15N5O2S/c1-6(17(2)16)3-13-9(15)7-4-12-8(14-10)5-11-7/h4-6H,3,10H2,1-2H3,(H,12,14)(H,13,15). The van der Waals surface area contributed by atoms with Crippen LogP contribution in [0.25, 0.3) is 0 Å². The first-order valence-electron chi connectivity index (χ1n) is 4.93. The molecule has 1 heterocycles. The Labute approximate surface area is 102 Å². The lowest BCUT2D eigenvalue weighted by Crippen LogP contribution is -2.33. The van der Waals surface area contributed by atoms with E-state index >= 15 is 0 Å². The zero-order valence-corrected chi connectivity index (χ0v) is 10.5. The first-order chi connectivity index (χ1) is 8.04. The molecule has 0 radical (unpaired) electrons. The van der Waals surface area contributed by atoms with Gasteiger partial charge in [-0.15, -0.1) is 0 Å². The van der Waals surface area contributed by atoms with E-state index in [2.05, 4.69) is 20.7 Å². The van der Waals surface area contributed by atoms with Gasteiger partial charge < -0.3 is 10.7 Å². The highest BCUT2D eigenvalue weighted by molar-refractivity contribution is 7.84. The Morgan fingerprint density at radius 1 is 1.53 bits per heavy atom. The third-order valence-electron chi connectivity index (χ3n) is 2.15. The minimum atomic E-state index is -0.966. The van der Waals surface area contributed by atoms with Gasteiger partial charge in [-0.3, -0.25) is 9.00 Å². The van der Waals surface area contributed by atoms with Crippen LogP contribution in [0.3, 0.4) is 0 Å². The summed E-state index contributed by atoms with van der Waals surface area (Å²) in [7, 11) is -0.966. The minimum Gasteiger partial charge on any atom is -0.349 e. The fraction of sp³-hybridized carbons (Fsp3) is 0.444. The molecule has 0 saturated heterocycles. The number of nitrogen functional groups attached to an aromatic ring is 1. The Morgan fingerprint density at radius 2 is 2.24 bits per heavy atom. The van der Waals surface area contributed by atoms with Crippen molar-refractivity contribution in [2.45, 2.75) is 12.2 Å². The van der Waals surface area contributed by atoms with Crippen molar-refractivity contribution in [2.24, 2.45) is 5.84 Å². The van der Waals surface area contributed by atoms with E-state index in [4.69, 9.17) is 5.84 Å². The van der Waals surface area contributed by atoms with Gasteiger partial charge in [0.25, 0.3) is 5.91 Å². The number of nitrogens with zero attached hydrogens (tertiary/aromatic N) is 2. The molecule has 0 bridgehead atoms. The van der Waals surface area contributed by atoms with Gasteiger partial charge in [0.05, 0.1) is 12.4 Å². The van der Waals surface area contributed by atoms with E-state index in [-0.39, 0.29) is 16.9 Å². The molecule has 0 aromatic carbocycles. The second kappa shape index (κ2) is 6.26. The Balaban J connectivity index is 2.55. The molecular weight excluding hydrogens is 242 g/mol. The summed E-state index contributed by atoms with van der Waals surface area (Å²) in [5, 5.41) is 2.53. The van der Waals surface area contributed by atoms with Crippen LogP contribution in [0.1, 0.15) is 17.4 Å². The molecule has 7 nitrogen and oxygen atoms in total. The van der Waals surface area contributed by atoms with Crippen LogP contribution < -0.4 is 16.6 Å². The lowest BCUT2D eigenvalue weighted by Gasteiger charge is -2.09. The van der Waals surface area contributed by atoms with Crippen LogP contribution in [0.5, 0.6) is 0 Å². The number of carbonyl (C=O) groups is 1. The van der Waals surface area contributed by atoms with Crippen molar-refractivity contribution in [3.05, 3.63) is 18.1 Å². The van der Waals surface area contributed by atoms with Gasteiger partial charge in [-0.05, 0) is 6.92 Å². The van der Waals surface area contributed by atoms with Gasteiger partial charge in [-0.25, -0.2) is 15.8 Å². The number of carbonyl (C=O) groups excluding carboxylic acids is 1. The summed E-state index contributed by atoms with van der Waals surface area (Å²) in [5.41, 5.74) is 2.51. The summed E-state index contributed by atoms with van der Waals surface area (Å²) in [4.78, 5) is 19.3.